The molecule has 2 aliphatic heterocycles. The molecule has 0 bridgehead atoms. The van der Waals surface area contributed by atoms with Crippen LogP contribution < -0.4 is 5.32 Å². The number of quaternary nitrogens is 1. The van der Waals surface area contributed by atoms with Crippen molar-refractivity contribution < 1.29 is 9.04 Å². The van der Waals surface area contributed by atoms with Crippen molar-refractivity contribution in [3.63, 3.8) is 0 Å². The van der Waals surface area contributed by atoms with Gasteiger partial charge >= 0.3 is 0 Å². The number of amidine groups is 1. The number of nitrogens with zero attached hydrogens (tertiary/aromatic N) is 5. The third-order valence-corrected chi connectivity index (χ3v) is 3.80. The molecule has 0 radical (unpaired) electrons. The molecule has 0 aliphatic carbocycles. The molecule has 0 saturated carbocycles. The maximum absolute atomic E-state index is 13.6. The van der Waals surface area contributed by atoms with E-state index in [1.165, 1.54) is 31.6 Å². The molecule has 0 fully saturated rings. The number of aliphatic imine (C=N–C) groups is 1. The minimum atomic E-state index is -0.604. The molecule has 1 N–H and O–H groups in total. The van der Waals surface area contributed by atoms with Gasteiger partial charge in [0.2, 0.25) is 0 Å². The van der Waals surface area contributed by atoms with Crippen LogP contribution in [0.4, 0.5) is 21.6 Å². The first-order chi connectivity index (χ1) is 11.4. The van der Waals surface area contributed by atoms with Crippen LogP contribution in [0.25, 0.3) is 0 Å². The Kier molecular flexibility index (Phi) is 3.05. The highest BCUT2D eigenvalue weighted by Gasteiger charge is 2.24. The van der Waals surface area contributed by atoms with Gasteiger partial charge in [-0.15, -0.1) is 0 Å². The van der Waals surface area contributed by atoms with Gasteiger partial charge in [0.15, 0.2) is 5.82 Å². The zero-order chi connectivity index (χ0) is 16.9. The molecular formula is C16H15FN6O. The van der Waals surface area contributed by atoms with E-state index in [2.05, 4.69) is 15.4 Å². The molecule has 0 atom stereocenters. The molecule has 24 heavy (non-hydrogen) atoms. The predicted molar refractivity (Wildman–Crippen MR) is 88.8 cm³/mol. The number of aromatic nitrogens is 2. The Morgan fingerprint density at radius 3 is 2.75 bits per heavy atom. The fourth-order valence-electron chi connectivity index (χ4n) is 2.60. The molecule has 122 valence electrons. The van der Waals surface area contributed by atoms with Gasteiger partial charge in [-0.25, -0.2) is 9.38 Å². The SMILES string of the molecule is Cn1cc2c(n1)Nc1ccc(F)cc1N=C2N1C=C[N+](C)([O-])C=C1. The van der Waals surface area contributed by atoms with Crippen molar-refractivity contribution in [2.24, 2.45) is 12.0 Å². The molecule has 0 spiro atoms. The number of anilines is 2. The fraction of sp³-hybridized carbons (Fsp3) is 0.125. The van der Waals surface area contributed by atoms with Gasteiger partial charge in [-0.2, -0.15) is 5.10 Å². The second-order valence-corrected chi connectivity index (χ2v) is 5.85. The molecule has 0 amide bonds. The molecule has 0 unspecified atom stereocenters. The first kappa shape index (κ1) is 14.6. The molecule has 0 saturated heterocycles. The number of hydroxylamine groups is 3. The highest BCUT2D eigenvalue weighted by atomic mass is 19.1. The second kappa shape index (κ2) is 5.02. The highest BCUT2D eigenvalue weighted by Crippen LogP contribution is 2.35. The van der Waals surface area contributed by atoms with Crippen molar-refractivity contribution in [3.05, 3.63) is 65.8 Å². The van der Waals surface area contributed by atoms with Gasteiger partial charge < -0.3 is 15.2 Å². The number of halogens is 1. The van der Waals surface area contributed by atoms with E-state index < -0.39 is 4.65 Å². The van der Waals surface area contributed by atoms with Crippen LogP contribution in [-0.4, -0.2) is 32.2 Å². The lowest BCUT2D eigenvalue weighted by molar-refractivity contribution is -0.752. The number of hydrogen-bond acceptors (Lipinski definition) is 5. The summed E-state index contributed by atoms with van der Waals surface area (Å²) < 4.78 is 14.7. The number of rotatable bonds is 0. The first-order valence-electron chi connectivity index (χ1n) is 7.34. The summed E-state index contributed by atoms with van der Waals surface area (Å²) in [6.07, 6.45) is 8.09. The van der Waals surface area contributed by atoms with Gasteiger partial charge in [-0.3, -0.25) is 9.58 Å². The number of fused-ring (bicyclic) bond motifs is 2. The molecular weight excluding hydrogens is 311 g/mol. The minimum absolute atomic E-state index is 0.368. The van der Waals surface area contributed by atoms with E-state index in [9.17, 15) is 9.60 Å². The van der Waals surface area contributed by atoms with Gasteiger partial charge in [-0.05, 0) is 12.1 Å². The summed E-state index contributed by atoms with van der Waals surface area (Å²) in [6.45, 7) is 0. The van der Waals surface area contributed by atoms with Crippen molar-refractivity contribution in [1.82, 2.24) is 14.7 Å². The molecule has 4 rings (SSSR count). The van der Waals surface area contributed by atoms with Crippen LogP contribution in [0.15, 0.2) is 54.2 Å². The average molecular weight is 326 g/mol. The van der Waals surface area contributed by atoms with E-state index >= 15 is 0 Å². The molecule has 3 heterocycles. The van der Waals surface area contributed by atoms with E-state index in [1.54, 1.807) is 28.0 Å². The molecule has 1 aromatic heterocycles. The largest absolute Gasteiger partial charge is 0.623 e. The fourth-order valence-corrected chi connectivity index (χ4v) is 2.60. The molecule has 8 heteroatoms. The maximum atomic E-state index is 13.6. The summed E-state index contributed by atoms with van der Waals surface area (Å²) >= 11 is 0. The van der Waals surface area contributed by atoms with Crippen molar-refractivity contribution in [1.29, 1.82) is 0 Å². The van der Waals surface area contributed by atoms with Crippen LogP contribution in [0.3, 0.4) is 0 Å². The molecule has 2 aliphatic rings. The number of hydrogen-bond donors (Lipinski definition) is 1. The summed E-state index contributed by atoms with van der Waals surface area (Å²) in [7, 11) is 3.33. The Hall–Kier alpha value is -2.97. The van der Waals surface area contributed by atoms with E-state index in [-0.39, 0.29) is 5.82 Å². The van der Waals surface area contributed by atoms with Crippen LogP contribution in [0.5, 0.6) is 0 Å². The number of benzene rings is 1. The Labute approximate surface area is 137 Å². The third kappa shape index (κ3) is 2.47. The zero-order valence-electron chi connectivity index (χ0n) is 13.1. The molecule has 2 aromatic rings. The lowest BCUT2D eigenvalue weighted by Crippen LogP contribution is -2.32. The van der Waals surface area contributed by atoms with Crippen LogP contribution in [0.2, 0.25) is 0 Å². The maximum Gasteiger partial charge on any atom is 0.163 e. The quantitative estimate of drug-likeness (QED) is 0.597. The van der Waals surface area contributed by atoms with Crippen molar-refractivity contribution in [2.45, 2.75) is 0 Å². The number of aryl methyl sites for hydroxylation is 1. The summed E-state index contributed by atoms with van der Waals surface area (Å²) in [5, 5.41) is 19.5. The van der Waals surface area contributed by atoms with E-state index in [4.69, 9.17) is 0 Å². The lowest BCUT2D eigenvalue weighted by atomic mass is 10.2. The lowest BCUT2D eigenvalue weighted by Gasteiger charge is -2.33. The van der Waals surface area contributed by atoms with Crippen molar-refractivity contribution >= 4 is 23.0 Å². The molecule has 7 nitrogen and oxygen atoms in total. The van der Waals surface area contributed by atoms with Gasteiger partial charge in [0, 0.05) is 19.3 Å². The van der Waals surface area contributed by atoms with Crippen LogP contribution >= 0.6 is 0 Å². The van der Waals surface area contributed by atoms with E-state index in [0.29, 0.717) is 23.0 Å². The Morgan fingerprint density at radius 1 is 1.25 bits per heavy atom. The summed E-state index contributed by atoms with van der Waals surface area (Å²) in [5.74, 6) is 0.808. The minimum Gasteiger partial charge on any atom is -0.623 e. The second-order valence-electron chi connectivity index (χ2n) is 5.85. The van der Waals surface area contributed by atoms with E-state index in [1.807, 2.05) is 13.2 Å². The van der Waals surface area contributed by atoms with Crippen LogP contribution in [-0.2, 0) is 7.05 Å². The highest BCUT2D eigenvalue weighted by molar-refractivity contribution is 6.07. The Balaban J connectivity index is 1.88. The Bertz CT molecular complexity index is 895. The van der Waals surface area contributed by atoms with Gasteiger partial charge in [0.05, 0.1) is 36.4 Å². The van der Waals surface area contributed by atoms with Gasteiger partial charge in [-0.1, -0.05) is 0 Å². The summed E-state index contributed by atoms with van der Waals surface area (Å²) in [4.78, 5) is 6.32. The molecule has 1 aromatic carbocycles. The first-order valence-corrected chi connectivity index (χ1v) is 7.34. The third-order valence-electron chi connectivity index (χ3n) is 3.80. The normalized spacial score (nSPS) is 17.7. The van der Waals surface area contributed by atoms with Crippen molar-refractivity contribution in [3.8, 4) is 0 Å². The smallest absolute Gasteiger partial charge is 0.163 e. The Morgan fingerprint density at radius 2 is 2.00 bits per heavy atom. The van der Waals surface area contributed by atoms with Crippen molar-refractivity contribution in [2.75, 3.05) is 12.4 Å². The zero-order valence-corrected chi connectivity index (χ0v) is 13.1. The van der Waals surface area contributed by atoms with E-state index in [0.717, 1.165) is 5.56 Å². The monoisotopic (exact) mass is 326 g/mol. The topological polar surface area (TPSA) is 68.5 Å². The summed E-state index contributed by atoms with van der Waals surface area (Å²) in [5.41, 5.74) is 1.89. The standard InChI is InChI=1S/C16H15FN6O/c1-21-10-12-15(20-21)18-13-4-3-11(17)9-14(13)19-16(12)22-5-7-23(2,24)8-6-22/h3-10H,1-2H3,(H,18,20). The van der Waals surface area contributed by atoms with Gasteiger partial charge in [0.1, 0.15) is 24.1 Å². The van der Waals surface area contributed by atoms with Gasteiger partial charge in [0.25, 0.3) is 0 Å². The van der Waals surface area contributed by atoms with Crippen LogP contribution in [0, 0.1) is 11.0 Å². The predicted octanol–water partition coefficient (Wildman–Crippen LogP) is 2.90. The van der Waals surface area contributed by atoms with Crippen LogP contribution in [0.1, 0.15) is 5.56 Å². The number of nitrogens with one attached hydrogen (secondary N) is 1. The average Bonchev–Trinajstić information content (AvgIpc) is 2.81. The summed E-state index contributed by atoms with van der Waals surface area (Å²) in [6, 6.07) is 4.36.